The number of para-hydroxylation sites is 1. The Morgan fingerprint density at radius 3 is 2.11 bits per heavy atom. The number of aromatic nitrogens is 3. The summed E-state index contributed by atoms with van der Waals surface area (Å²) in [5.74, 6) is -2.51. The van der Waals surface area contributed by atoms with Crippen LogP contribution in [0.2, 0.25) is 0 Å². The zero-order valence-electron chi connectivity index (χ0n) is 64.5. The van der Waals surface area contributed by atoms with E-state index in [9.17, 15) is 48.3 Å². The van der Waals surface area contributed by atoms with Gasteiger partial charge in [0.1, 0.15) is 18.1 Å². The van der Waals surface area contributed by atoms with Crippen LogP contribution in [0.25, 0.3) is 38.9 Å². The van der Waals surface area contributed by atoms with E-state index in [-0.39, 0.29) is 147 Å². The van der Waals surface area contributed by atoms with E-state index >= 15 is 0 Å². The number of carbonyl (C=O) groups is 9. The Hall–Kier alpha value is -11.5. The number of nitrogens with zero attached hydrogens (tertiary/aromatic N) is 7. The van der Waals surface area contributed by atoms with E-state index in [1.807, 2.05) is 84.2 Å². The van der Waals surface area contributed by atoms with Gasteiger partial charge in [-0.2, -0.15) is 0 Å². The monoisotopic (exact) mass is 1520 g/mol. The smallest absolute Gasteiger partial charge is 0.416 e. The van der Waals surface area contributed by atoms with Gasteiger partial charge in [-0.1, -0.05) is 122 Å². The van der Waals surface area contributed by atoms with Gasteiger partial charge in [0.25, 0.3) is 11.8 Å². The Bertz CT molecular complexity index is 5060. The van der Waals surface area contributed by atoms with E-state index in [0.29, 0.717) is 59.7 Å². The highest BCUT2D eigenvalue weighted by molar-refractivity contribution is 6.07. The van der Waals surface area contributed by atoms with Crippen molar-refractivity contribution in [3.63, 3.8) is 0 Å². The van der Waals surface area contributed by atoms with Gasteiger partial charge < -0.3 is 54.1 Å². The summed E-state index contributed by atoms with van der Waals surface area (Å²) >= 11 is 0. The van der Waals surface area contributed by atoms with E-state index < -0.39 is 47.9 Å². The van der Waals surface area contributed by atoms with Crippen LogP contribution in [0.15, 0.2) is 140 Å². The van der Waals surface area contributed by atoms with Gasteiger partial charge in [-0.3, -0.25) is 38.4 Å². The number of anilines is 2. The zero-order chi connectivity index (χ0) is 78.8. The van der Waals surface area contributed by atoms with E-state index in [1.54, 1.807) is 68.0 Å². The number of aliphatic hydroxyl groups excluding tert-OH is 1. The first-order valence-corrected chi connectivity index (χ1v) is 38.8. The topological polar surface area (TPSA) is 288 Å². The molecule has 5 aliphatic heterocycles. The molecule has 0 radical (unpaired) electrons. The minimum atomic E-state index is -1.48. The number of fused-ring (bicyclic) bond motifs is 10. The van der Waals surface area contributed by atoms with E-state index in [0.717, 1.165) is 80.7 Å². The lowest BCUT2D eigenvalue weighted by Crippen LogP contribution is -2.50. The second kappa shape index (κ2) is 32.8. The van der Waals surface area contributed by atoms with Crippen molar-refractivity contribution < 1.29 is 71.9 Å². The van der Waals surface area contributed by atoms with Gasteiger partial charge in [0.05, 0.1) is 75.2 Å². The zero-order valence-corrected chi connectivity index (χ0v) is 64.5. The Morgan fingerprint density at radius 1 is 0.688 bits per heavy atom. The van der Waals surface area contributed by atoms with Crippen molar-refractivity contribution in [1.82, 2.24) is 35.4 Å². The maximum Gasteiger partial charge on any atom is 0.416 e. The molecule has 5 atom stereocenters. The molecule has 1 spiro atoms. The minimum absolute atomic E-state index is 0.0117. The highest BCUT2D eigenvalue weighted by atomic mass is 16.6. The third-order valence-corrected chi connectivity index (χ3v) is 22.7. The van der Waals surface area contributed by atoms with Crippen molar-refractivity contribution in [3.05, 3.63) is 184 Å². The number of methoxy groups -OCH3 is 2. The summed E-state index contributed by atoms with van der Waals surface area (Å²) in [6.45, 7) is 11.6. The van der Waals surface area contributed by atoms with Crippen LogP contribution in [0.5, 0.6) is 23.0 Å². The van der Waals surface area contributed by atoms with Crippen LogP contribution in [0.4, 0.5) is 16.2 Å². The second-order valence-electron chi connectivity index (χ2n) is 31.2. The molecule has 7 aromatic carbocycles. The molecule has 3 N–H and O–H groups in total. The third kappa shape index (κ3) is 16.3. The Balaban J connectivity index is 0.541. The summed E-state index contributed by atoms with van der Waals surface area (Å²) in [6, 6.07) is 40.1. The lowest BCUT2D eigenvalue weighted by Gasteiger charge is -2.31. The summed E-state index contributed by atoms with van der Waals surface area (Å²) in [6.07, 6.45) is 3.67. The lowest BCUT2D eigenvalue weighted by molar-refractivity contribution is -0.133. The van der Waals surface area contributed by atoms with Crippen molar-refractivity contribution in [2.75, 3.05) is 50.3 Å². The fourth-order valence-electron chi connectivity index (χ4n) is 16.1. The van der Waals surface area contributed by atoms with Gasteiger partial charge >= 0.3 is 6.09 Å². The fraction of sp³-hybridized carbons (Fsp3) is 0.398. The van der Waals surface area contributed by atoms with Crippen LogP contribution < -0.4 is 39.4 Å². The van der Waals surface area contributed by atoms with Crippen molar-refractivity contribution in [1.29, 1.82) is 0 Å². The van der Waals surface area contributed by atoms with Gasteiger partial charge in [0.15, 0.2) is 40.8 Å². The number of hydrogen-bond donors (Lipinski definition) is 3. The summed E-state index contributed by atoms with van der Waals surface area (Å²) in [7, 11) is 3.00. The van der Waals surface area contributed by atoms with Gasteiger partial charge in [-0.05, 0) is 152 Å². The molecule has 1 saturated carbocycles. The SMILES string of the molecule is COc1cc2c(cc1OCCCOc1cc3c(cc1OC)C(=O)N1CC4(CC4)C[C@H]1C(O)N3C(=O)OCc1ccc(CC(=O)[C@H](C)NC(=O)[C@@H](CC(=O)CNC(=O)CCC(=O)CCC(=O)N3Cc4ccccc4-c4nnn(C(C)C)c4-c4ccccc43)C(C)C)cc1)CC[C@@H]1CC(c3ccc4cc(C)ccc4c3)=CN1C2=O. The van der Waals surface area contributed by atoms with Crippen LogP contribution >= 0.6 is 0 Å². The molecule has 1 saturated heterocycles. The molecule has 6 heterocycles. The number of rotatable bonds is 28. The van der Waals surface area contributed by atoms with Gasteiger partial charge in [-0.15, -0.1) is 5.10 Å². The molecule has 24 heteroatoms. The summed E-state index contributed by atoms with van der Waals surface area (Å²) < 4.78 is 32.1. The van der Waals surface area contributed by atoms with E-state index in [2.05, 4.69) is 64.3 Å². The molecule has 6 amide bonds. The first-order chi connectivity index (χ1) is 53.9. The van der Waals surface area contributed by atoms with E-state index in [4.69, 9.17) is 23.7 Å². The molecule has 0 bridgehead atoms. The lowest BCUT2D eigenvalue weighted by atomic mass is 9.89. The van der Waals surface area contributed by atoms with Crippen LogP contribution in [-0.4, -0.2) is 148 Å². The van der Waals surface area contributed by atoms with Crippen LogP contribution in [0.1, 0.15) is 165 Å². The molecule has 8 aromatic rings. The standard InChI is InChI=1S/C88H95N9O15/c1-51(2)68(41-65(99)46-89-79(101)30-28-64(98)29-31-80(102)94-47-61-14-9-10-15-66(61)81-82(97(52(3)4)92-91-81)67-16-11-12-17-71(67)94)83(103)90-54(6)74(100)37-55-19-21-56(22-20-55)49-112-87(107)96-72-44-78(76(109-8)43-70(72)85(105)95-50-88(32-33-88)45-73(95)86(96)106)111-35-13-34-110-77-40-60-26-27-63-39-62(48-93(63)84(104)69(60)42-75(77)108-7)59-25-24-57-36-53(5)18-23-58(57)38-59/h9-12,14-25,36,38,40,42-44,48,51-52,54,63,68,73,86,106H,13,26-35,37,39,41,45-47,49-50H2,1-8H3,(H,89,101)(H,90,103)/t54-,63+,68-,73-,86?/m0/s1. The molecular weight excluding hydrogens is 1420 g/mol. The average molecular weight is 1520 g/mol. The number of aryl methyl sites for hydroxylation is 2. The molecule has 1 aromatic heterocycles. The molecule has 1 aliphatic carbocycles. The third-order valence-electron chi connectivity index (χ3n) is 22.7. The van der Waals surface area contributed by atoms with Crippen LogP contribution in [0.3, 0.4) is 0 Å². The maximum absolute atomic E-state index is 14.6. The summed E-state index contributed by atoms with van der Waals surface area (Å²) in [5, 5.41) is 29.0. The highest BCUT2D eigenvalue weighted by Gasteiger charge is 2.58. The number of nitrogens with one attached hydrogen (secondary N) is 2. The van der Waals surface area contributed by atoms with Gasteiger partial charge in [0.2, 0.25) is 17.7 Å². The molecular formula is C88H95N9O15. The largest absolute Gasteiger partial charge is 0.493 e. The normalized spacial score (nSPS) is 17.6. The predicted molar refractivity (Wildman–Crippen MR) is 421 cm³/mol. The molecule has 24 nitrogen and oxygen atoms in total. The number of hydrogen-bond acceptors (Lipinski definition) is 17. The number of ketones is 3. The van der Waals surface area contributed by atoms with Crippen LogP contribution in [0, 0.1) is 24.2 Å². The van der Waals surface area contributed by atoms with Crippen LogP contribution in [-0.2, 0) is 59.5 Å². The summed E-state index contributed by atoms with van der Waals surface area (Å²) in [4.78, 5) is 131. The fourth-order valence-corrected chi connectivity index (χ4v) is 16.1. The Labute approximate surface area is 650 Å². The minimum Gasteiger partial charge on any atom is -0.493 e. The molecule has 2 fully saturated rings. The number of benzene rings is 7. The average Bonchev–Trinajstić information content (AvgIpc) is 1.56. The Kier molecular flexibility index (Phi) is 22.6. The van der Waals surface area contributed by atoms with E-state index in [1.165, 1.54) is 30.2 Å². The maximum atomic E-state index is 14.6. The number of amides is 6. The first-order valence-electron chi connectivity index (χ1n) is 38.8. The molecule has 1 unspecified atom stereocenters. The highest BCUT2D eigenvalue weighted by Crippen LogP contribution is 2.57. The van der Waals surface area contributed by atoms with Crippen molar-refractivity contribution in [2.45, 2.75) is 169 Å². The predicted octanol–water partition coefficient (Wildman–Crippen LogP) is 12.8. The summed E-state index contributed by atoms with van der Waals surface area (Å²) in [5.41, 5.74) is 10.9. The number of ether oxygens (including phenoxy) is 5. The quantitative estimate of drug-likeness (QED) is 0.0384. The van der Waals surface area contributed by atoms with Crippen molar-refractivity contribution >= 4 is 80.7 Å². The molecule has 582 valence electrons. The molecule has 14 rings (SSSR count). The van der Waals surface area contributed by atoms with Crippen molar-refractivity contribution in [3.8, 4) is 45.5 Å². The number of Topliss-reactive ketones (excluding diaryl/α,β-unsaturated/α-hetero) is 3. The Morgan fingerprint density at radius 2 is 1.38 bits per heavy atom. The molecule has 6 aliphatic rings. The second-order valence-corrected chi connectivity index (χ2v) is 31.2. The van der Waals surface area contributed by atoms with Gasteiger partial charge in [0, 0.05) is 98.4 Å². The number of carbonyl (C=O) groups excluding carboxylic acids is 9. The van der Waals surface area contributed by atoms with Crippen molar-refractivity contribution in [2.24, 2.45) is 17.3 Å². The van der Waals surface area contributed by atoms with Gasteiger partial charge in [-0.25, -0.2) is 14.4 Å². The number of aliphatic hydroxyl groups is 1. The molecule has 112 heavy (non-hydrogen) atoms. The first kappa shape index (κ1) is 77.2.